The van der Waals surface area contributed by atoms with Gasteiger partial charge in [-0.05, 0) is 37.4 Å². The Balaban J connectivity index is 1.39. The van der Waals surface area contributed by atoms with Gasteiger partial charge in [-0.25, -0.2) is 4.98 Å². The Morgan fingerprint density at radius 2 is 1.80 bits per heavy atom. The van der Waals surface area contributed by atoms with Gasteiger partial charge in [0.15, 0.2) is 5.82 Å². The second-order valence-corrected chi connectivity index (χ2v) is 9.30. The molecule has 0 aliphatic carbocycles. The average Bonchev–Trinajstić information content (AvgIpc) is 3.33. The molecule has 0 atom stereocenters. The summed E-state index contributed by atoms with van der Waals surface area (Å²) in [7, 11) is 3.82. The summed E-state index contributed by atoms with van der Waals surface area (Å²) in [6.07, 6.45) is 1.84. The molecule has 2 aromatic carbocycles. The molecule has 0 amide bonds. The van der Waals surface area contributed by atoms with E-state index in [-0.39, 0.29) is 0 Å². The lowest BCUT2D eigenvalue weighted by atomic mass is 10.2. The van der Waals surface area contributed by atoms with Crippen molar-refractivity contribution < 1.29 is 4.74 Å². The summed E-state index contributed by atoms with van der Waals surface area (Å²) >= 11 is 12.7. The minimum atomic E-state index is 0.423. The first-order valence-electron chi connectivity index (χ1n) is 11.4. The average molecular weight is 512 g/mol. The van der Waals surface area contributed by atoms with Crippen LogP contribution >= 0.6 is 23.2 Å². The fourth-order valence-electron chi connectivity index (χ4n) is 4.17. The Kier molecular flexibility index (Phi) is 6.86. The summed E-state index contributed by atoms with van der Waals surface area (Å²) in [4.78, 5) is 17.3. The second kappa shape index (κ2) is 10.2. The van der Waals surface area contributed by atoms with E-state index in [2.05, 4.69) is 49.6 Å². The van der Waals surface area contributed by atoms with Gasteiger partial charge < -0.3 is 30.2 Å². The van der Waals surface area contributed by atoms with Crippen molar-refractivity contribution in [3.05, 3.63) is 64.3 Å². The van der Waals surface area contributed by atoms with Gasteiger partial charge in [0.1, 0.15) is 11.3 Å². The molecule has 1 aliphatic rings. The van der Waals surface area contributed by atoms with Crippen molar-refractivity contribution in [1.82, 2.24) is 19.9 Å². The molecule has 0 saturated carbocycles. The number of benzene rings is 2. The smallest absolute Gasteiger partial charge is 0.229 e. The molecule has 3 heterocycles. The third kappa shape index (κ3) is 5.10. The van der Waals surface area contributed by atoms with Crippen LogP contribution in [0.3, 0.4) is 0 Å². The molecule has 2 aromatic heterocycles. The quantitative estimate of drug-likeness (QED) is 0.307. The fourth-order valence-corrected chi connectivity index (χ4v) is 4.70. The van der Waals surface area contributed by atoms with Crippen molar-refractivity contribution in [3.63, 3.8) is 0 Å². The van der Waals surface area contributed by atoms with Gasteiger partial charge in [0.25, 0.3) is 0 Å². The van der Waals surface area contributed by atoms with Gasteiger partial charge in [0.2, 0.25) is 5.95 Å². The lowest BCUT2D eigenvalue weighted by Crippen LogP contribution is -2.44. The highest BCUT2D eigenvalue weighted by atomic mass is 35.5. The van der Waals surface area contributed by atoms with Crippen LogP contribution in [0, 0.1) is 0 Å². The van der Waals surface area contributed by atoms with Gasteiger partial charge in [0.05, 0.1) is 18.3 Å². The van der Waals surface area contributed by atoms with Crippen molar-refractivity contribution in [2.75, 3.05) is 55.9 Å². The summed E-state index contributed by atoms with van der Waals surface area (Å²) < 4.78 is 5.70. The van der Waals surface area contributed by atoms with Crippen LogP contribution in [0.25, 0.3) is 11.0 Å². The van der Waals surface area contributed by atoms with E-state index >= 15 is 0 Å². The van der Waals surface area contributed by atoms with Crippen LogP contribution in [-0.2, 0) is 6.54 Å². The molecule has 4 aromatic rings. The zero-order valence-corrected chi connectivity index (χ0v) is 21.1. The minimum Gasteiger partial charge on any atom is -0.494 e. The first-order chi connectivity index (χ1) is 17.0. The summed E-state index contributed by atoms with van der Waals surface area (Å²) in [5.41, 5.74) is 4.33. The number of nitrogens with zero attached hydrogens (tertiary/aromatic N) is 4. The molecule has 35 heavy (non-hydrogen) atoms. The number of H-pyrrole nitrogens is 1. The molecule has 1 aliphatic heterocycles. The third-order valence-electron chi connectivity index (χ3n) is 6.20. The predicted octanol–water partition coefficient (Wildman–Crippen LogP) is 5.38. The number of methoxy groups -OCH3 is 1. The first-order valence-corrected chi connectivity index (χ1v) is 12.2. The van der Waals surface area contributed by atoms with E-state index in [1.807, 2.05) is 36.5 Å². The van der Waals surface area contributed by atoms with E-state index in [1.165, 1.54) is 0 Å². The third-order valence-corrected chi connectivity index (χ3v) is 6.91. The number of ether oxygens (including phenoxy) is 1. The van der Waals surface area contributed by atoms with Crippen LogP contribution in [-0.4, -0.2) is 60.2 Å². The van der Waals surface area contributed by atoms with E-state index in [9.17, 15) is 0 Å². The SMILES string of the molecule is COc1cc(N2CCN(C)CC2)ccc1Nc1nc(NCc2c(Cl)cccc2Cl)c2[nH]ccc2n1. The van der Waals surface area contributed by atoms with Crippen molar-refractivity contribution in [3.8, 4) is 5.75 Å². The number of likely N-dealkylation sites (N-methyl/N-ethyl adjacent to an activating group) is 1. The van der Waals surface area contributed by atoms with Crippen molar-refractivity contribution in [2.45, 2.75) is 6.54 Å². The molecule has 182 valence electrons. The van der Waals surface area contributed by atoms with Crippen LogP contribution < -0.4 is 20.3 Å². The zero-order chi connectivity index (χ0) is 24.4. The van der Waals surface area contributed by atoms with E-state index in [1.54, 1.807) is 7.11 Å². The Bertz CT molecular complexity index is 1310. The van der Waals surface area contributed by atoms with Gasteiger partial charge in [0, 0.05) is 66.3 Å². The van der Waals surface area contributed by atoms with Crippen LogP contribution in [0.4, 0.5) is 23.1 Å². The fraction of sp³-hybridized carbons (Fsp3) is 0.280. The molecule has 8 nitrogen and oxygen atoms in total. The Morgan fingerprint density at radius 1 is 1.03 bits per heavy atom. The van der Waals surface area contributed by atoms with Crippen molar-refractivity contribution >= 4 is 57.4 Å². The minimum absolute atomic E-state index is 0.423. The Morgan fingerprint density at radius 3 is 2.54 bits per heavy atom. The number of nitrogens with one attached hydrogen (secondary N) is 3. The highest BCUT2D eigenvalue weighted by Gasteiger charge is 2.17. The van der Waals surface area contributed by atoms with E-state index in [4.69, 9.17) is 32.9 Å². The number of hydrogen-bond acceptors (Lipinski definition) is 7. The van der Waals surface area contributed by atoms with Crippen LogP contribution in [0.15, 0.2) is 48.7 Å². The number of halogens is 2. The van der Waals surface area contributed by atoms with Crippen molar-refractivity contribution in [2.24, 2.45) is 0 Å². The number of fused-ring (bicyclic) bond motifs is 1. The molecule has 10 heteroatoms. The summed E-state index contributed by atoms with van der Waals surface area (Å²) in [5, 5.41) is 7.88. The van der Waals surface area contributed by atoms with Crippen LogP contribution in [0.5, 0.6) is 5.75 Å². The molecular formula is C25H27Cl2N7O. The standard InChI is InChI=1S/C25H27Cl2N7O/c1-33-10-12-34(13-11-33)16-6-7-20(22(14-16)35-2)30-25-31-21-8-9-28-23(21)24(32-25)29-15-17-18(26)4-3-5-19(17)27/h3-9,14,28H,10-13,15H2,1-2H3,(H2,29,30,31,32). The molecular weight excluding hydrogens is 485 g/mol. The Hall–Kier alpha value is -3.20. The molecule has 1 fully saturated rings. The maximum absolute atomic E-state index is 6.34. The van der Waals surface area contributed by atoms with Gasteiger partial charge in [-0.3, -0.25) is 0 Å². The maximum atomic E-state index is 6.34. The normalized spacial score (nSPS) is 14.3. The lowest BCUT2D eigenvalue weighted by molar-refractivity contribution is 0.312. The molecule has 0 radical (unpaired) electrons. The summed E-state index contributed by atoms with van der Waals surface area (Å²) in [6, 6.07) is 13.5. The summed E-state index contributed by atoms with van der Waals surface area (Å²) in [6.45, 7) is 4.49. The van der Waals surface area contributed by atoms with Gasteiger partial charge in [-0.2, -0.15) is 4.98 Å². The largest absolute Gasteiger partial charge is 0.494 e. The molecule has 3 N–H and O–H groups in total. The molecule has 0 bridgehead atoms. The van der Waals surface area contributed by atoms with Crippen LogP contribution in [0.1, 0.15) is 5.56 Å². The highest BCUT2D eigenvalue weighted by Crippen LogP contribution is 2.33. The number of anilines is 4. The number of piperazine rings is 1. The van der Waals surface area contributed by atoms with Gasteiger partial charge in [-0.15, -0.1) is 0 Å². The lowest BCUT2D eigenvalue weighted by Gasteiger charge is -2.34. The van der Waals surface area contributed by atoms with E-state index in [0.29, 0.717) is 28.4 Å². The number of aromatic nitrogens is 3. The predicted molar refractivity (Wildman–Crippen MR) is 144 cm³/mol. The summed E-state index contributed by atoms with van der Waals surface area (Å²) in [5.74, 6) is 1.83. The maximum Gasteiger partial charge on any atom is 0.229 e. The molecule has 0 unspecified atom stereocenters. The zero-order valence-electron chi connectivity index (χ0n) is 19.6. The monoisotopic (exact) mass is 511 g/mol. The highest BCUT2D eigenvalue weighted by molar-refractivity contribution is 6.36. The van der Waals surface area contributed by atoms with Crippen LogP contribution in [0.2, 0.25) is 10.0 Å². The Labute approximate surface area is 214 Å². The van der Waals surface area contributed by atoms with E-state index < -0.39 is 0 Å². The van der Waals surface area contributed by atoms with E-state index in [0.717, 1.165) is 59.9 Å². The second-order valence-electron chi connectivity index (χ2n) is 8.49. The topological polar surface area (TPSA) is 81.3 Å². The first kappa shape index (κ1) is 23.5. The van der Waals surface area contributed by atoms with Gasteiger partial charge in [-0.1, -0.05) is 29.3 Å². The number of rotatable bonds is 7. The number of hydrogen-bond donors (Lipinski definition) is 3. The van der Waals surface area contributed by atoms with Crippen molar-refractivity contribution in [1.29, 1.82) is 0 Å². The molecule has 5 rings (SSSR count). The molecule has 0 spiro atoms. The number of aromatic amines is 1. The van der Waals surface area contributed by atoms with Gasteiger partial charge >= 0.3 is 0 Å². The molecule has 1 saturated heterocycles.